The molecule has 102 valence electrons. The van der Waals surface area contributed by atoms with Crippen LogP contribution in [0.5, 0.6) is 0 Å². The molecule has 1 aromatic rings. The Bertz CT molecular complexity index is 339. The van der Waals surface area contributed by atoms with Gasteiger partial charge in [0.2, 0.25) is 0 Å². The Labute approximate surface area is 111 Å². The molecule has 3 nitrogen and oxygen atoms in total. The molecular weight excluding hydrogens is 222 g/mol. The van der Waals surface area contributed by atoms with Crippen molar-refractivity contribution in [3.8, 4) is 0 Å². The lowest BCUT2D eigenvalue weighted by Crippen LogP contribution is -2.27. The van der Waals surface area contributed by atoms with Crippen LogP contribution in [0.2, 0.25) is 0 Å². The lowest BCUT2D eigenvalue weighted by molar-refractivity contribution is 0.294. The molecule has 1 N–H and O–H groups in total. The second kappa shape index (κ2) is 6.93. The van der Waals surface area contributed by atoms with E-state index in [1.54, 1.807) is 0 Å². The van der Waals surface area contributed by atoms with E-state index in [4.69, 9.17) is 0 Å². The quantitative estimate of drug-likeness (QED) is 0.837. The minimum atomic E-state index is 0.487. The molecule has 1 aromatic heterocycles. The SMILES string of the molecule is CCCNC(CC1CCCCC1)c1ccnn1C. The minimum absolute atomic E-state index is 0.487. The van der Waals surface area contributed by atoms with Gasteiger partial charge in [-0.25, -0.2) is 0 Å². The van der Waals surface area contributed by atoms with E-state index < -0.39 is 0 Å². The molecule has 1 unspecified atom stereocenters. The number of nitrogens with zero attached hydrogens (tertiary/aromatic N) is 2. The molecule has 2 rings (SSSR count). The summed E-state index contributed by atoms with van der Waals surface area (Å²) >= 11 is 0. The predicted octanol–water partition coefficient (Wildman–Crippen LogP) is 3.43. The second-order valence-electron chi connectivity index (χ2n) is 5.63. The molecule has 18 heavy (non-hydrogen) atoms. The van der Waals surface area contributed by atoms with Gasteiger partial charge in [0.05, 0.1) is 5.69 Å². The summed E-state index contributed by atoms with van der Waals surface area (Å²) in [6.07, 6.45) is 11.5. The van der Waals surface area contributed by atoms with E-state index in [-0.39, 0.29) is 0 Å². The maximum Gasteiger partial charge on any atom is 0.0550 e. The van der Waals surface area contributed by atoms with Gasteiger partial charge in [0.15, 0.2) is 0 Å². The topological polar surface area (TPSA) is 29.9 Å². The molecule has 0 bridgehead atoms. The Morgan fingerprint density at radius 3 is 2.78 bits per heavy atom. The van der Waals surface area contributed by atoms with E-state index in [0.717, 1.165) is 12.5 Å². The lowest BCUT2D eigenvalue weighted by Gasteiger charge is -2.27. The minimum Gasteiger partial charge on any atom is -0.309 e. The fourth-order valence-electron chi connectivity index (χ4n) is 3.11. The highest BCUT2D eigenvalue weighted by molar-refractivity contribution is 5.07. The van der Waals surface area contributed by atoms with Crippen LogP contribution < -0.4 is 5.32 Å². The third-order valence-electron chi connectivity index (χ3n) is 4.15. The van der Waals surface area contributed by atoms with Crippen LogP contribution in [0.25, 0.3) is 0 Å². The van der Waals surface area contributed by atoms with Crippen LogP contribution in [0.4, 0.5) is 0 Å². The van der Waals surface area contributed by atoms with Crippen LogP contribution in [0, 0.1) is 5.92 Å². The van der Waals surface area contributed by atoms with E-state index in [1.165, 1.54) is 50.6 Å². The van der Waals surface area contributed by atoms with Gasteiger partial charge in [-0.3, -0.25) is 4.68 Å². The van der Waals surface area contributed by atoms with Crippen LogP contribution in [0.15, 0.2) is 12.3 Å². The van der Waals surface area contributed by atoms with E-state index in [1.807, 2.05) is 10.9 Å². The lowest BCUT2D eigenvalue weighted by atomic mass is 9.84. The summed E-state index contributed by atoms with van der Waals surface area (Å²) in [7, 11) is 2.05. The van der Waals surface area contributed by atoms with Gasteiger partial charge in [-0.2, -0.15) is 5.10 Å². The molecule has 0 radical (unpaired) electrons. The van der Waals surface area contributed by atoms with Crippen molar-refractivity contribution >= 4 is 0 Å². The fraction of sp³-hybridized carbons (Fsp3) is 0.800. The first kappa shape index (κ1) is 13.6. The fourth-order valence-corrected chi connectivity index (χ4v) is 3.11. The Morgan fingerprint density at radius 1 is 1.39 bits per heavy atom. The first-order valence-corrected chi connectivity index (χ1v) is 7.52. The summed E-state index contributed by atoms with van der Waals surface area (Å²) in [5.74, 6) is 0.906. The molecule has 0 spiro atoms. The van der Waals surface area contributed by atoms with Gasteiger partial charge < -0.3 is 5.32 Å². The standard InChI is InChI=1S/C15H27N3/c1-3-10-16-14(15-9-11-17-18(15)2)12-13-7-5-4-6-8-13/h9,11,13-14,16H,3-8,10,12H2,1-2H3. The molecule has 1 atom stereocenters. The first-order chi connectivity index (χ1) is 8.81. The Morgan fingerprint density at radius 2 is 2.17 bits per heavy atom. The maximum absolute atomic E-state index is 4.32. The van der Waals surface area contributed by atoms with Crippen molar-refractivity contribution in [2.75, 3.05) is 6.54 Å². The van der Waals surface area contributed by atoms with E-state index >= 15 is 0 Å². The monoisotopic (exact) mass is 249 g/mol. The predicted molar refractivity (Wildman–Crippen MR) is 75.4 cm³/mol. The van der Waals surface area contributed by atoms with Gasteiger partial charge in [0, 0.05) is 19.3 Å². The molecule has 3 heteroatoms. The summed E-state index contributed by atoms with van der Waals surface area (Å²) in [5.41, 5.74) is 1.34. The summed E-state index contributed by atoms with van der Waals surface area (Å²) in [4.78, 5) is 0. The van der Waals surface area contributed by atoms with Crippen molar-refractivity contribution in [3.05, 3.63) is 18.0 Å². The smallest absolute Gasteiger partial charge is 0.0550 e. The highest BCUT2D eigenvalue weighted by Gasteiger charge is 2.21. The normalized spacial score (nSPS) is 19.0. The van der Waals surface area contributed by atoms with Crippen LogP contribution in [-0.2, 0) is 7.05 Å². The number of aryl methyl sites for hydroxylation is 1. The molecular formula is C15H27N3. The average Bonchev–Trinajstić information content (AvgIpc) is 2.82. The van der Waals surface area contributed by atoms with Crippen molar-refractivity contribution in [3.63, 3.8) is 0 Å². The van der Waals surface area contributed by atoms with Crippen LogP contribution in [0.1, 0.15) is 63.6 Å². The molecule has 1 heterocycles. The molecule has 0 saturated heterocycles. The molecule has 1 aliphatic rings. The summed E-state index contributed by atoms with van der Waals surface area (Å²) < 4.78 is 2.02. The Hall–Kier alpha value is -0.830. The molecule has 1 aliphatic carbocycles. The van der Waals surface area contributed by atoms with Crippen LogP contribution >= 0.6 is 0 Å². The van der Waals surface area contributed by atoms with Crippen molar-refractivity contribution < 1.29 is 0 Å². The van der Waals surface area contributed by atoms with Crippen molar-refractivity contribution in [1.82, 2.24) is 15.1 Å². The van der Waals surface area contributed by atoms with Gasteiger partial charge in [-0.15, -0.1) is 0 Å². The van der Waals surface area contributed by atoms with E-state index in [0.29, 0.717) is 6.04 Å². The maximum atomic E-state index is 4.32. The zero-order chi connectivity index (χ0) is 12.8. The van der Waals surface area contributed by atoms with Gasteiger partial charge in [0.25, 0.3) is 0 Å². The molecule has 0 aromatic carbocycles. The highest BCUT2D eigenvalue weighted by Crippen LogP contribution is 2.31. The number of nitrogens with one attached hydrogen (secondary N) is 1. The zero-order valence-corrected chi connectivity index (χ0v) is 11.9. The molecule has 0 aliphatic heterocycles. The van der Waals surface area contributed by atoms with Crippen molar-refractivity contribution in [2.24, 2.45) is 13.0 Å². The zero-order valence-electron chi connectivity index (χ0n) is 11.9. The largest absolute Gasteiger partial charge is 0.309 e. The summed E-state index contributed by atoms with van der Waals surface area (Å²) in [6, 6.07) is 2.65. The second-order valence-corrected chi connectivity index (χ2v) is 5.63. The Balaban J connectivity index is 1.98. The first-order valence-electron chi connectivity index (χ1n) is 7.52. The molecule has 1 saturated carbocycles. The number of hydrogen-bond acceptors (Lipinski definition) is 2. The van der Waals surface area contributed by atoms with Gasteiger partial charge in [-0.05, 0) is 31.4 Å². The number of aromatic nitrogens is 2. The van der Waals surface area contributed by atoms with Crippen molar-refractivity contribution in [1.29, 1.82) is 0 Å². The Kier molecular flexibility index (Phi) is 5.24. The molecule has 1 fully saturated rings. The number of rotatable bonds is 6. The van der Waals surface area contributed by atoms with Gasteiger partial charge >= 0.3 is 0 Å². The van der Waals surface area contributed by atoms with E-state index in [2.05, 4.69) is 30.5 Å². The highest BCUT2D eigenvalue weighted by atomic mass is 15.3. The van der Waals surface area contributed by atoms with Crippen LogP contribution in [-0.4, -0.2) is 16.3 Å². The third-order valence-corrected chi connectivity index (χ3v) is 4.15. The summed E-state index contributed by atoms with van der Waals surface area (Å²) in [5, 5.41) is 8.01. The average molecular weight is 249 g/mol. The van der Waals surface area contributed by atoms with Gasteiger partial charge in [0.1, 0.15) is 0 Å². The van der Waals surface area contributed by atoms with Crippen LogP contribution in [0.3, 0.4) is 0 Å². The van der Waals surface area contributed by atoms with Crippen molar-refractivity contribution in [2.45, 2.75) is 57.9 Å². The number of hydrogen-bond donors (Lipinski definition) is 1. The summed E-state index contributed by atoms with van der Waals surface area (Å²) in [6.45, 7) is 3.33. The van der Waals surface area contributed by atoms with Gasteiger partial charge in [-0.1, -0.05) is 39.0 Å². The third kappa shape index (κ3) is 3.58. The van der Waals surface area contributed by atoms with E-state index in [9.17, 15) is 0 Å². The molecule has 0 amide bonds.